The van der Waals surface area contributed by atoms with Crippen LogP contribution in [0.15, 0.2) is 30.3 Å². The minimum absolute atomic E-state index is 0.339. The molecule has 1 saturated heterocycles. The second-order valence-corrected chi connectivity index (χ2v) is 6.49. The Morgan fingerprint density at radius 2 is 1.89 bits per heavy atom. The lowest BCUT2D eigenvalue weighted by Crippen LogP contribution is -2.32. The van der Waals surface area contributed by atoms with Gasteiger partial charge in [-0.05, 0) is 43.3 Å². The molecule has 1 aromatic rings. The topological polar surface area (TPSA) is 20.3 Å². The molecular formula is C17H25NO. The predicted octanol–water partition coefficient (Wildman–Crippen LogP) is 3.31. The van der Waals surface area contributed by atoms with Crippen LogP contribution >= 0.6 is 0 Å². The summed E-state index contributed by atoms with van der Waals surface area (Å²) in [6.07, 6.45) is 4.26. The van der Waals surface area contributed by atoms with Crippen molar-refractivity contribution in [2.75, 3.05) is 19.6 Å². The smallest absolute Gasteiger partial charge is 0.151 e. The molecule has 2 heteroatoms. The maximum absolute atomic E-state index is 12.1. The van der Waals surface area contributed by atoms with Gasteiger partial charge in [-0.25, -0.2) is 0 Å². The largest absolute Gasteiger partial charge is 0.298 e. The van der Waals surface area contributed by atoms with Crippen molar-refractivity contribution in [3.63, 3.8) is 0 Å². The first-order valence-corrected chi connectivity index (χ1v) is 7.33. The van der Waals surface area contributed by atoms with Crippen molar-refractivity contribution in [1.82, 2.24) is 4.90 Å². The van der Waals surface area contributed by atoms with Gasteiger partial charge in [0, 0.05) is 6.42 Å². The zero-order chi connectivity index (χ0) is 13.7. The Bertz CT molecular complexity index is 411. The van der Waals surface area contributed by atoms with Gasteiger partial charge in [-0.3, -0.25) is 9.69 Å². The van der Waals surface area contributed by atoms with Crippen molar-refractivity contribution in [3.8, 4) is 0 Å². The summed E-state index contributed by atoms with van der Waals surface area (Å²) >= 11 is 0. The minimum Gasteiger partial charge on any atom is -0.298 e. The molecular weight excluding hydrogens is 234 g/mol. The van der Waals surface area contributed by atoms with Gasteiger partial charge in [0.1, 0.15) is 0 Å². The van der Waals surface area contributed by atoms with Crippen molar-refractivity contribution in [1.29, 1.82) is 0 Å². The average Bonchev–Trinajstić information content (AvgIpc) is 2.52. The highest BCUT2D eigenvalue weighted by Crippen LogP contribution is 2.29. The van der Waals surface area contributed by atoms with Crippen LogP contribution in [0.2, 0.25) is 0 Å². The Kier molecular flexibility index (Phi) is 4.76. The van der Waals surface area contributed by atoms with Crippen LogP contribution in [0.1, 0.15) is 38.7 Å². The van der Waals surface area contributed by atoms with E-state index in [4.69, 9.17) is 0 Å². The fourth-order valence-corrected chi connectivity index (χ4v) is 2.77. The number of hydrogen-bond acceptors (Lipinski definition) is 2. The van der Waals surface area contributed by atoms with E-state index in [1.54, 1.807) is 0 Å². The molecule has 1 heterocycles. The number of carbonyl (C=O) groups is 1. The van der Waals surface area contributed by atoms with E-state index in [-0.39, 0.29) is 0 Å². The van der Waals surface area contributed by atoms with E-state index in [0.717, 1.165) is 18.7 Å². The van der Waals surface area contributed by atoms with E-state index in [1.165, 1.54) is 19.3 Å². The summed E-state index contributed by atoms with van der Waals surface area (Å²) in [5.41, 5.74) is 1.57. The maximum Gasteiger partial charge on any atom is 0.151 e. The zero-order valence-corrected chi connectivity index (χ0v) is 12.2. The molecule has 0 saturated carbocycles. The van der Waals surface area contributed by atoms with Gasteiger partial charge in [0.25, 0.3) is 0 Å². The number of Topliss-reactive ketones (excluding diaryl/α,β-unsaturated/α-hetero) is 1. The molecule has 104 valence electrons. The van der Waals surface area contributed by atoms with Gasteiger partial charge in [-0.2, -0.15) is 0 Å². The van der Waals surface area contributed by atoms with Crippen LogP contribution in [0.3, 0.4) is 0 Å². The molecule has 1 aromatic carbocycles. The minimum atomic E-state index is 0.339. The summed E-state index contributed by atoms with van der Waals surface area (Å²) in [6, 6.07) is 10.0. The predicted molar refractivity (Wildman–Crippen MR) is 79.2 cm³/mol. The van der Waals surface area contributed by atoms with E-state index >= 15 is 0 Å². The van der Waals surface area contributed by atoms with Gasteiger partial charge < -0.3 is 0 Å². The average molecular weight is 259 g/mol. The molecule has 0 aliphatic carbocycles. The first-order chi connectivity index (χ1) is 9.05. The highest BCUT2D eigenvalue weighted by molar-refractivity contribution is 5.82. The number of benzene rings is 1. The third kappa shape index (κ3) is 4.79. The first-order valence-electron chi connectivity index (χ1n) is 7.33. The number of carbonyl (C=O) groups excluding carboxylic acids is 1. The van der Waals surface area contributed by atoms with Crippen molar-refractivity contribution < 1.29 is 4.79 Å². The number of ketones is 1. The molecule has 2 rings (SSSR count). The van der Waals surface area contributed by atoms with Crippen molar-refractivity contribution in [2.24, 2.45) is 5.41 Å². The maximum atomic E-state index is 12.1. The van der Waals surface area contributed by atoms with E-state index < -0.39 is 0 Å². The van der Waals surface area contributed by atoms with Gasteiger partial charge >= 0.3 is 0 Å². The normalized spacial score (nSPS) is 19.9. The van der Waals surface area contributed by atoms with Crippen LogP contribution in [-0.2, 0) is 11.2 Å². The lowest BCUT2D eigenvalue weighted by molar-refractivity contribution is -0.119. The van der Waals surface area contributed by atoms with Gasteiger partial charge in [-0.15, -0.1) is 0 Å². The zero-order valence-electron chi connectivity index (χ0n) is 12.2. The monoisotopic (exact) mass is 259 g/mol. The van der Waals surface area contributed by atoms with Gasteiger partial charge in [0.15, 0.2) is 5.78 Å². The van der Waals surface area contributed by atoms with Crippen LogP contribution < -0.4 is 0 Å². The number of rotatable bonds is 4. The summed E-state index contributed by atoms with van der Waals surface area (Å²) in [4.78, 5) is 14.4. The summed E-state index contributed by atoms with van der Waals surface area (Å²) in [5.74, 6) is 0.339. The Labute approximate surface area is 116 Å². The van der Waals surface area contributed by atoms with Crippen LogP contribution in [0.5, 0.6) is 0 Å². The number of hydrogen-bond donors (Lipinski definition) is 0. The third-order valence-corrected chi connectivity index (χ3v) is 4.08. The Morgan fingerprint density at radius 3 is 2.63 bits per heavy atom. The Balaban J connectivity index is 1.82. The quantitative estimate of drug-likeness (QED) is 0.827. The van der Waals surface area contributed by atoms with Crippen LogP contribution in [-0.4, -0.2) is 30.3 Å². The molecule has 1 fully saturated rings. The van der Waals surface area contributed by atoms with Gasteiger partial charge in [0.2, 0.25) is 0 Å². The van der Waals surface area contributed by atoms with Gasteiger partial charge in [0.05, 0.1) is 6.54 Å². The molecule has 0 aromatic heterocycles. The van der Waals surface area contributed by atoms with Crippen LogP contribution in [0.25, 0.3) is 0 Å². The van der Waals surface area contributed by atoms with Crippen molar-refractivity contribution in [2.45, 2.75) is 39.5 Å². The summed E-state index contributed by atoms with van der Waals surface area (Å²) in [6.45, 7) is 7.42. The molecule has 0 atom stereocenters. The molecule has 0 unspecified atom stereocenters. The highest BCUT2D eigenvalue weighted by atomic mass is 16.1. The summed E-state index contributed by atoms with van der Waals surface area (Å²) in [5, 5.41) is 0. The second-order valence-electron chi connectivity index (χ2n) is 6.49. The SMILES string of the molecule is CC1(C)CCCN(CC(=O)Cc2ccccc2)CC1. The lowest BCUT2D eigenvalue weighted by Gasteiger charge is -2.22. The van der Waals surface area contributed by atoms with E-state index in [1.807, 2.05) is 30.3 Å². The van der Waals surface area contributed by atoms with Gasteiger partial charge in [-0.1, -0.05) is 44.2 Å². The fourth-order valence-electron chi connectivity index (χ4n) is 2.77. The highest BCUT2D eigenvalue weighted by Gasteiger charge is 2.23. The molecule has 0 amide bonds. The summed E-state index contributed by atoms with van der Waals surface area (Å²) in [7, 11) is 0. The van der Waals surface area contributed by atoms with E-state index in [0.29, 0.717) is 24.2 Å². The molecule has 0 bridgehead atoms. The molecule has 1 aliphatic heterocycles. The molecule has 19 heavy (non-hydrogen) atoms. The first kappa shape index (κ1) is 14.3. The van der Waals surface area contributed by atoms with E-state index in [9.17, 15) is 4.79 Å². The third-order valence-electron chi connectivity index (χ3n) is 4.08. The standard InChI is InChI=1S/C17H25NO/c1-17(2)9-6-11-18(12-10-17)14-16(19)13-15-7-4-3-5-8-15/h3-5,7-8H,6,9-14H2,1-2H3. The Hall–Kier alpha value is -1.15. The molecule has 0 spiro atoms. The lowest BCUT2D eigenvalue weighted by atomic mass is 9.85. The number of nitrogens with zero attached hydrogens (tertiary/aromatic N) is 1. The van der Waals surface area contributed by atoms with E-state index in [2.05, 4.69) is 18.7 Å². The van der Waals surface area contributed by atoms with Crippen LogP contribution in [0.4, 0.5) is 0 Å². The van der Waals surface area contributed by atoms with Crippen LogP contribution in [0, 0.1) is 5.41 Å². The fraction of sp³-hybridized carbons (Fsp3) is 0.588. The summed E-state index contributed by atoms with van der Waals surface area (Å²) < 4.78 is 0. The molecule has 0 N–H and O–H groups in total. The molecule has 2 nitrogen and oxygen atoms in total. The van der Waals surface area contributed by atoms with Crippen molar-refractivity contribution in [3.05, 3.63) is 35.9 Å². The molecule has 0 radical (unpaired) electrons. The second kappa shape index (κ2) is 6.33. The van der Waals surface area contributed by atoms with Crippen molar-refractivity contribution >= 4 is 5.78 Å². The molecule has 1 aliphatic rings. The Morgan fingerprint density at radius 1 is 1.16 bits per heavy atom. The number of likely N-dealkylation sites (tertiary alicyclic amines) is 1.